The average molecular weight is 518 g/mol. The maximum Gasteiger partial charge on any atom is 0.258 e. The Morgan fingerprint density at radius 1 is 1.08 bits per heavy atom. The zero-order valence-electron chi connectivity index (χ0n) is 24.6. The van der Waals surface area contributed by atoms with E-state index < -0.39 is 20.5 Å². The summed E-state index contributed by atoms with van der Waals surface area (Å²) in [5.74, 6) is 0.337. The third-order valence-electron chi connectivity index (χ3n) is 7.26. The second-order valence-corrected chi connectivity index (χ2v) is 16.7. The van der Waals surface area contributed by atoms with Crippen LogP contribution in [0.5, 0.6) is 5.75 Å². The summed E-state index contributed by atoms with van der Waals surface area (Å²) in [6.45, 7) is 30.9. The van der Waals surface area contributed by atoms with Gasteiger partial charge in [-0.1, -0.05) is 58.6 Å². The van der Waals surface area contributed by atoms with Crippen LogP contribution >= 0.6 is 0 Å². The van der Waals surface area contributed by atoms with Crippen LogP contribution in [0, 0.1) is 12.8 Å². The minimum Gasteiger partial charge on any atom is -0.488 e. The quantitative estimate of drug-likeness (QED) is 0.218. The molecule has 1 N–H and O–H groups in total. The maximum atomic E-state index is 14.1. The number of aryl methyl sites for hydroxylation is 1. The maximum absolute atomic E-state index is 14.1. The molecular formula is C30H51NO4Si. The fourth-order valence-corrected chi connectivity index (χ4v) is 5.67. The molecule has 36 heavy (non-hydrogen) atoms. The lowest BCUT2D eigenvalue weighted by molar-refractivity contribution is -0.00551. The topological polar surface area (TPSA) is 59.0 Å². The van der Waals surface area contributed by atoms with Crippen LogP contribution < -0.4 is 4.74 Å². The molecule has 204 valence electrons. The first kappa shape index (κ1) is 32.1. The molecule has 0 fully saturated rings. The molecule has 1 aromatic rings. The number of carbonyl (C=O) groups excluding carboxylic acids is 1. The molecule has 0 saturated heterocycles. The van der Waals surface area contributed by atoms with Crippen molar-refractivity contribution in [3.63, 3.8) is 0 Å². The van der Waals surface area contributed by atoms with Crippen LogP contribution in [0.25, 0.3) is 0 Å². The van der Waals surface area contributed by atoms with Gasteiger partial charge in [-0.25, -0.2) is 0 Å². The lowest BCUT2D eigenvalue weighted by atomic mass is 9.88. The van der Waals surface area contributed by atoms with Gasteiger partial charge < -0.3 is 19.2 Å². The van der Waals surface area contributed by atoms with Gasteiger partial charge in [0.1, 0.15) is 18.5 Å². The van der Waals surface area contributed by atoms with Crippen molar-refractivity contribution in [3.05, 3.63) is 54.1 Å². The number of hydrogen-bond acceptors (Lipinski definition) is 4. The Hall–Kier alpha value is -1.89. The van der Waals surface area contributed by atoms with Crippen molar-refractivity contribution in [1.82, 2.24) is 4.90 Å². The van der Waals surface area contributed by atoms with E-state index in [1.807, 2.05) is 57.7 Å². The van der Waals surface area contributed by atoms with E-state index in [2.05, 4.69) is 53.9 Å². The highest BCUT2D eigenvalue weighted by molar-refractivity contribution is 6.74. The van der Waals surface area contributed by atoms with Crippen LogP contribution in [-0.2, 0) is 4.43 Å². The molecule has 0 bridgehead atoms. The molecule has 5 nitrogen and oxygen atoms in total. The molecule has 0 aliphatic carbocycles. The molecule has 0 aliphatic heterocycles. The Kier molecular flexibility index (Phi) is 11.7. The van der Waals surface area contributed by atoms with E-state index in [0.29, 0.717) is 23.3 Å². The van der Waals surface area contributed by atoms with Gasteiger partial charge >= 0.3 is 0 Å². The Bertz CT molecular complexity index is 893. The Morgan fingerprint density at radius 2 is 1.64 bits per heavy atom. The summed E-state index contributed by atoms with van der Waals surface area (Å²) in [6.07, 6.45) is 2.70. The van der Waals surface area contributed by atoms with E-state index in [-0.39, 0.29) is 35.6 Å². The normalized spacial score (nSPS) is 14.9. The summed E-state index contributed by atoms with van der Waals surface area (Å²) < 4.78 is 12.9. The Morgan fingerprint density at radius 3 is 2.08 bits per heavy atom. The molecule has 0 aliphatic rings. The number of hydrogen-bond donors (Lipinski definition) is 1. The van der Waals surface area contributed by atoms with Crippen molar-refractivity contribution in [2.24, 2.45) is 5.92 Å². The van der Waals surface area contributed by atoms with Crippen molar-refractivity contribution < 1.29 is 19.1 Å². The Labute approximate surface area is 221 Å². The van der Waals surface area contributed by atoms with E-state index in [9.17, 15) is 9.90 Å². The molecule has 1 amide bonds. The second kappa shape index (κ2) is 13.1. The molecule has 0 saturated carbocycles. The van der Waals surface area contributed by atoms with Crippen molar-refractivity contribution in [3.8, 4) is 5.75 Å². The molecule has 0 heterocycles. The van der Waals surface area contributed by atoms with Crippen LogP contribution in [-0.4, -0.2) is 49.0 Å². The number of aliphatic hydroxyl groups is 1. The van der Waals surface area contributed by atoms with Gasteiger partial charge in [-0.2, -0.15) is 0 Å². The highest BCUT2D eigenvalue weighted by Crippen LogP contribution is 2.42. The number of amides is 1. The Balaban J connectivity index is 3.84. The van der Waals surface area contributed by atoms with Crippen LogP contribution in [0.4, 0.5) is 0 Å². The average Bonchev–Trinajstić information content (AvgIpc) is 2.74. The van der Waals surface area contributed by atoms with E-state index in [0.717, 1.165) is 5.56 Å². The van der Waals surface area contributed by atoms with Gasteiger partial charge in [0.25, 0.3) is 5.91 Å². The highest BCUT2D eigenvalue weighted by atomic mass is 28.4. The third kappa shape index (κ3) is 7.56. The van der Waals surface area contributed by atoms with Gasteiger partial charge in [0.05, 0.1) is 11.7 Å². The largest absolute Gasteiger partial charge is 0.488 e. The predicted molar refractivity (Wildman–Crippen MR) is 154 cm³/mol. The summed E-state index contributed by atoms with van der Waals surface area (Å²) in [5.41, 5.74) is 1.78. The summed E-state index contributed by atoms with van der Waals surface area (Å²) in [4.78, 5) is 15.9. The van der Waals surface area contributed by atoms with Crippen molar-refractivity contribution >= 4 is 14.2 Å². The molecule has 1 rings (SSSR count). The summed E-state index contributed by atoms with van der Waals surface area (Å²) in [7, 11) is -2.24. The lowest BCUT2D eigenvalue weighted by Gasteiger charge is -2.42. The number of carbonyl (C=O) groups is 1. The second-order valence-electron chi connectivity index (χ2n) is 12.0. The first-order valence-electron chi connectivity index (χ1n) is 13.2. The molecule has 0 spiro atoms. The number of rotatable bonds is 13. The smallest absolute Gasteiger partial charge is 0.258 e. The molecule has 0 unspecified atom stereocenters. The van der Waals surface area contributed by atoms with E-state index in [1.165, 1.54) is 0 Å². The zero-order valence-corrected chi connectivity index (χ0v) is 25.6. The van der Waals surface area contributed by atoms with Crippen molar-refractivity contribution in [2.45, 2.75) is 111 Å². The van der Waals surface area contributed by atoms with E-state index in [4.69, 9.17) is 9.16 Å². The number of nitrogens with zero attached hydrogens (tertiary/aromatic N) is 1. The van der Waals surface area contributed by atoms with E-state index >= 15 is 0 Å². The standard InChI is InChI=1S/C30H51NO4Si/c1-14-16-22(7)28(35-36(12,13)30(9,10)11)26(32)24-18-17-23(8)27(34-19-15-2)25(24)29(33)31(20(3)4)21(5)6/h14-15,17-18,20-22,26,28,32H,1-2,16,19H2,3-13H3/t22-,26+,28-/m1/s1. The fraction of sp³-hybridized carbons (Fsp3) is 0.633. The molecule has 0 aromatic heterocycles. The first-order valence-corrected chi connectivity index (χ1v) is 16.1. The molecule has 6 heteroatoms. The SMILES string of the molecule is C=CCOc1c(C)ccc([C@H](O)[C@H](O[Si](C)(C)C(C)(C)C)[C@H](C)CC=C)c1C(=O)N(C(C)C)C(C)C. The summed E-state index contributed by atoms with van der Waals surface area (Å²) in [5, 5.41) is 11.9. The fourth-order valence-electron chi connectivity index (χ4n) is 4.27. The van der Waals surface area contributed by atoms with Crippen LogP contribution in [0.3, 0.4) is 0 Å². The number of benzene rings is 1. The van der Waals surface area contributed by atoms with Crippen LogP contribution in [0.1, 0.15) is 89.4 Å². The molecule has 0 radical (unpaired) electrons. The highest BCUT2D eigenvalue weighted by Gasteiger charge is 2.43. The van der Waals surface area contributed by atoms with Crippen LogP contribution in [0.2, 0.25) is 18.1 Å². The monoisotopic (exact) mass is 517 g/mol. The summed E-state index contributed by atoms with van der Waals surface area (Å²) in [6, 6.07) is 3.73. The van der Waals surface area contributed by atoms with Crippen molar-refractivity contribution in [2.75, 3.05) is 6.61 Å². The number of ether oxygens (including phenoxy) is 1. The van der Waals surface area contributed by atoms with Crippen LogP contribution in [0.15, 0.2) is 37.4 Å². The number of aliphatic hydroxyl groups excluding tert-OH is 1. The summed E-state index contributed by atoms with van der Waals surface area (Å²) >= 11 is 0. The van der Waals surface area contributed by atoms with Crippen molar-refractivity contribution in [1.29, 1.82) is 0 Å². The first-order chi connectivity index (χ1) is 16.5. The lowest BCUT2D eigenvalue weighted by Crippen LogP contribution is -2.47. The third-order valence-corrected chi connectivity index (χ3v) is 11.7. The van der Waals surface area contributed by atoms with Gasteiger partial charge in [0.15, 0.2) is 8.32 Å². The zero-order chi connectivity index (χ0) is 28.0. The minimum atomic E-state index is -2.24. The van der Waals surface area contributed by atoms with Gasteiger partial charge in [0, 0.05) is 12.1 Å². The molecular weight excluding hydrogens is 466 g/mol. The molecule has 1 aromatic carbocycles. The van der Waals surface area contributed by atoms with Gasteiger partial charge in [-0.05, 0) is 76.2 Å². The van der Waals surface area contributed by atoms with Gasteiger partial charge in [-0.15, -0.1) is 6.58 Å². The number of allylic oxidation sites excluding steroid dienone is 1. The predicted octanol–water partition coefficient (Wildman–Crippen LogP) is 7.45. The van der Waals surface area contributed by atoms with Gasteiger partial charge in [0.2, 0.25) is 0 Å². The minimum absolute atomic E-state index is 0.000255. The van der Waals surface area contributed by atoms with E-state index in [1.54, 1.807) is 6.08 Å². The van der Waals surface area contributed by atoms with Gasteiger partial charge in [-0.3, -0.25) is 4.79 Å². The molecule has 3 atom stereocenters.